The Balaban J connectivity index is 1.88. The van der Waals surface area contributed by atoms with E-state index in [0.29, 0.717) is 24.5 Å². The van der Waals surface area contributed by atoms with Crippen LogP contribution in [0.3, 0.4) is 0 Å². The molecular weight excluding hydrogens is 218 g/mol. The van der Waals surface area contributed by atoms with E-state index in [0.717, 1.165) is 19.6 Å². The summed E-state index contributed by atoms with van der Waals surface area (Å²) >= 11 is 0. The lowest BCUT2D eigenvalue weighted by Gasteiger charge is -2.37. The molecule has 2 rings (SSSR count). The van der Waals surface area contributed by atoms with Gasteiger partial charge in [0.1, 0.15) is 5.84 Å². The van der Waals surface area contributed by atoms with Crippen molar-refractivity contribution in [2.75, 3.05) is 19.6 Å². The number of hydrogen-bond acceptors (Lipinski definition) is 4. The Morgan fingerprint density at radius 1 is 1.41 bits per heavy atom. The van der Waals surface area contributed by atoms with Crippen molar-refractivity contribution in [2.24, 2.45) is 16.3 Å². The molecule has 0 radical (unpaired) electrons. The van der Waals surface area contributed by atoms with E-state index in [1.54, 1.807) is 0 Å². The molecule has 0 bridgehead atoms. The lowest BCUT2D eigenvalue weighted by atomic mass is 10.00. The zero-order chi connectivity index (χ0) is 12.5. The highest BCUT2D eigenvalue weighted by Crippen LogP contribution is 2.49. The van der Waals surface area contributed by atoms with E-state index < -0.39 is 0 Å². The van der Waals surface area contributed by atoms with Crippen LogP contribution in [0, 0.1) is 5.41 Å². The van der Waals surface area contributed by atoms with Crippen molar-refractivity contribution < 1.29 is 9.94 Å². The van der Waals surface area contributed by atoms with Gasteiger partial charge in [0.2, 0.25) is 0 Å². The first-order valence-electron chi connectivity index (χ1n) is 6.37. The van der Waals surface area contributed by atoms with Gasteiger partial charge in [0.25, 0.3) is 0 Å². The molecule has 3 N–H and O–H groups in total. The second-order valence-corrected chi connectivity index (χ2v) is 5.72. The largest absolute Gasteiger partial charge is 0.409 e. The minimum Gasteiger partial charge on any atom is -0.409 e. The number of rotatable bonds is 4. The van der Waals surface area contributed by atoms with Gasteiger partial charge in [0, 0.05) is 26.1 Å². The van der Waals surface area contributed by atoms with E-state index >= 15 is 0 Å². The second-order valence-electron chi connectivity index (χ2n) is 5.72. The maximum Gasteiger partial charge on any atom is 0.139 e. The van der Waals surface area contributed by atoms with Gasteiger partial charge in [-0.3, -0.25) is 4.90 Å². The lowest BCUT2D eigenvalue weighted by molar-refractivity contribution is -0.0723. The SMILES string of the molecule is C[C@@H]1CN(CC2(CC(N)=NO)CC2)C[C@H](C)O1. The first-order chi connectivity index (χ1) is 8.03. The van der Waals surface area contributed by atoms with Crippen molar-refractivity contribution >= 4 is 5.84 Å². The summed E-state index contributed by atoms with van der Waals surface area (Å²) < 4.78 is 5.72. The molecular formula is C12H23N3O2. The predicted octanol–water partition coefficient (Wildman–Crippen LogP) is 1.01. The Labute approximate surface area is 103 Å². The van der Waals surface area contributed by atoms with Crippen LogP contribution in [0.2, 0.25) is 0 Å². The number of morpholine rings is 1. The number of nitrogens with two attached hydrogens (primary N) is 1. The molecule has 2 atom stereocenters. The Morgan fingerprint density at radius 2 is 2.00 bits per heavy atom. The van der Waals surface area contributed by atoms with Crippen molar-refractivity contribution in [1.82, 2.24) is 4.90 Å². The van der Waals surface area contributed by atoms with Crippen molar-refractivity contribution in [3.8, 4) is 0 Å². The third-order valence-electron chi connectivity index (χ3n) is 3.70. The highest BCUT2D eigenvalue weighted by atomic mass is 16.5. The molecule has 0 aromatic rings. The summed E-state index contributed by atoms with van der Waals surface area (Å²) in [6.45, 7) is 7.25. The van der Waals surface area contributed by atoms with Crippen LogP contribution in [0.1, 0.15) is 33.1 Å². The third kappa shape index (κ3) is 3.33. The topological polar surface area (TPSA) is 71.1 Å². The molecule has 0 spiro atoms. The normalized spacial score (nSPS) is 33.6. The first-order valence-corrected chi connectivity index (χ1v) is 6.37. The first kappa shape index (κ1) is 12.6. The molecule has 98 valence electrons. The van der Waals surface area contributed by atoms with Crippen molar-refractivity contribution in [3.63, 3.8) is 0 Å². The summed E-state index contributed by atoms with van der Waals surface area (Å²) in [5.41, 5.74) is 5.87. The summed E-state index contributed by atoms with van der Waals surface area (Å²) in [7, 11) is 0. The van der Waals surface area contributed by atoms with Crippen molar-refractivity contribution in [3.05, 3.63) is 0 Å². The molecule has 0 amide bonds. The standard InChI is InChI=1S/C12H23N3O2/c1-9-6-15(7-10(2)17-9)8-12(3-4-12)5-11(13)14-16/h9-10,16H,3-8H2,1-2H3,(H2,13,14)/t9-,10+. The molecule has 0 aromatic heterocycles. The highest BCUT2D eigenvalue weighted by Gasteiger charge is 2.45. The van der Waals surface area contributed by atoms with Gasteiger partial charge in [-0.2, -0.15) is 0 Å². The molecule has 1 heterocycles. The van der Waals surface area contributed by atoms with Crippen molar-refractivity contribution in [1.29, 1.82) is 0 Å². The molecule has 0 unspecified atom stereocenters. The van der Waals surface area contributed by atoms with Crippen LogP contribution < -0.4 is 5.73 Å². The quantitative estimate of drug-likeness (QED) is 0.333. The summed E-state index contributed by atoms with van der Waals surface area (Å²) in [6, 6.07) is 0. The fourth-order valence-corrected chi connectivity index (χ4v) is 2.87. The van der Waals surface area contributed by atoms with Gasteiger partial charge in [-0.25, -0.2) is 0 Å². The van der Waals surface area contributed by atoms with E-state index in [-0.39, 0.29) is 5.41 Å². The molecule has 17 heavy (non-hydrogen) atoms. The maximum absolute atomic E-state index is 8.65. The molecule has 1 saturated carbocycles. The van der Waals surface area contributed by atoms with Gasteiger partial charge in [0.15, 0.2) is 0 Å². The van der Waals surface area contributed by atoms with Crippen LogP contribution in [0.25, 0.3) is 0 Å². The molecule has 1 saturated heterocycles. The highest BCUT2D eigenvalue weighted by molar-refractivity contribution is 5.80. The monoisotopic (exact) mass is 241 g/mol. The van der Waals surface area contributed by atoms with Gasteiger partial charge in [-0.05, 0) is 32.1 Å². The molecule has 1 aliphatic carbocycles. The van der Waals surface area contributed by atoms with Crippen LogP contribution in [0.5, 0.6) is 0 Å². The fourth-order valence-electron chi connectivity index (χ4n) is 2.87. The van der Waals surface area contributed by atoms with Crippen LogP contribution in [-0.2, 0) is 4.74 Å². The number of oxime groups is 1. The number of amidine groups is 1. The summed E-state index contributed by atoms with van der Waals surface area (Å²) in [4.78, 5) is 2.45. The van der Waals surface area contributed by atoms with Gasteiger partial charge < -0.3 is 15.7 Å². The summed E-state index contributed by atoms with van der Waals surface area (Å²) in [5, 5.41) is 11.7. The average Bonchev–Trinajstić information content (AvgIpc) is 2.95. The summed E-state index contributed by atoms with van der Waals surface area (Å²) in [5.74, 6) is 0.358. The Hall–Kier alpha value is -0.810. The predicted molar refractivity (Wildman–Crippen MR) is 66.1 cm³/mol. The van der Waals surface area contributed by atoms with Gasteiger partial charge in [0.05, 0.1) is 12.2 Å². The van der Waals surface area contributed by atoms with Crippen LogP contribution >= 0.6 is 0 Å². The number of hydrogen-bond donors (Lipinski definition) is 2. The van der Waals surface area contributed by atoms with Crippen LogP contribution in [0.4, 0.5) is 0 Å². The Bertz CT molecular complexity index is 292. The number of nitrogens with zero attached hydrogens (tertiary/aromatic N) is 2. The van der Waals surface area contributed by atoms with E-state index in [4.69, 9.17) is 15.7 Å². The van der Waals surface area contributed by atoms with E-state index in [1.165, 1.54) is 12.8 Å². The smallest absolute Gasteiger partial charge is 0.139 e. The minimum absolute atomic E-state index is 0.257. The zero-order valence-electron chi connectivity index (χ0n) is 10.7. The minimum atomic E-state index is 0.257. The fraction of sp³-hybridized carbons (Fsp3) is 0.917. The second kappa shape index (κ2) is 4.82. The average molecular weight is 241 g/mol. The van der Waals surface area contributed by atoms with E-state index in [9.17, 15) is 0 Å². The maximum atomic E-state index is 8.65. The molecule has 5 heteroatoms. The Morgan fingerprint density at radius 3 is 2.47 bits per heavy atom. The zero-order valence-corrected chi connectivity index (χ0v) is 10.7. The molecule has 2 aliphatic rings. The molecule has 2 fully saturated rings. The van der Waals surface area contributed by atoms with Crippen LogP contribution in [-0.4, -0.2) is 47.8 Å². The molecule has 1 aliphatic heterocycles. The van der Waals surface area contributed by atoms with Crippen molar-refractivity contribution in [2.45, 2.75) is 45.3 Å². The number of ether oxygens (including phenoxy) is 1. The third-order valence-corrected chi connectivity index (χ3v) is 3.70. The molecule has 5 nitrogen and oxygen atoms in total. The van der Waals surface area contributed by atoms with E-state index in [1.807, 2.05) is 0 Å². The van der Waals surface area contributed by atoms with Gasteiger partial charge in [-0.1, -0.05) is 5.16 Å². The lowest BCUT2D eigenvalue weighted by Crippen LogP contribution is -2.47. The Kier molecular flexibility index (Phi) is 3.58. The van der Waals surface area contributed by atoms with Crippen LogP contribution in [0.15, 0.2) is 5.16 Å². The summed E-state index contributed by atoms with van der Waals surface area (Å²) in [6.07, 6.45) is 3.69. The van der Waals surface area contributed by atoms with Gasteiger partial charge >= 0.3 is 0 Å². The van der Waals surface area contributed by atoms with E-state index in [2.05, 4.69) is 23.9 Å². The van der Waals surface area contributed by atoms with Gasteiger partial charge in [-0.15, -0.1) is 0 Å². The molecule has 0 aromatic carbocycles.